The van der Waals surface area contributed by atoms with Crippen LogP contribution in [0.15, 0.2) is 0 Å². The molecular formula is C15H29B2N. The summed E-state index contributed by atoms with van der Waals surface area (Å²) in [5.74, 6) is 2.02. The highest BCUT2D eigenvalue weighted by Gasteiger charge is 2.37. The molecule has 0 aromatic carbocycles. The fraction of sp³-hybridized carbons (Fsp3) is 1.00. The summed E-state index contributed by atoms with van der Waals surface area (Å²) in [6.07, 6.45) is 16.5. The van der Waals surface area contributed by atoms with Crippen molar-refractivity contribution in [3.8, 4) is 0 Å². The van der Waals surface area contributed by atoms with Crippen molar-refractivity contribution < 1.29 is 0 Å². The summed E-state index contributed by atoms with van der Waals surface area (Å²) in [6, 6.07) is 1.96. The van der Waals surface area contributed by atoms with Gasteiger partial charge in [-0.2, -0.15) is 0 Å². The molecule has 0 aromatic rings. The fourth-order valence-electron chi connectivity index (χ4n) is 4.80. The maximum atomic E-state index is 2.93. The Morgan fingerprint density at radius 2 is 1.28 bits per heavy atom. The molecule has 0 radical (unpaired) electrons. The van der Waals surface area contributed by atoms with Crippen molar-refractivity contribution in [3.63, 3.8) is 0 Å². The smallest absolute Gasteiger partial charge is 0.208 e. The molecular weight excluding hydrogens is 216 g/mol. The van der Waals surface area contributed by atoms with Crippen molar-refractivity contribution in [3.05, 3.63) is 0 Å². The van der Waals surface area contributed by atoms with Gasteiger partial charge in [-0.3, -0.25) is 0 Å². The second-order valence-corrected chi connectivity index (χ2v) is 7.35. The van der Waals surface area contributed by atoms with Crippen molar-refractivity contribution in [2.45, 2.75) is 94.3 Å². The van der Waals surface area contributed by atoms with Crippen LogP contribution in [-0.2, 0) is 0 Å². The molecule has 3 aliphatic rings. The second kappa shape index (κ2) is 6.03. The van der Waals surface area contributed by atoms with Crippen LogP contribution in [0.4, 0.5) is 0 Å². The first kappa shape index (κ1) is 13.1. The molecule has 0 aromatic heterocycles. The summed E-state index contributed by atoms with van der Waals surface area (Å²) in [5.41, 5.74) is 0. The van der Waals surface area contributed by atoms with Crippen molar-refractivity contribution in [1.29, 1.82) is 0 Å². The molecule has 2 heterocycles. The average molecular weight is 245 g/mol. The van der Waals surface area contributed by atoms with Gasteiger partial charge in [0.2, 0.25) is 7.41 Å². The summed E-state index contributed by atoms with van der Waals surface area (Å²) < 4.78 is 0. The topological polar surface area (TPSA) is 3.24 Å². The molecule has 3 rings (SSSR count). The predicted octanol–water partition coefficient (Wildman–Crippen LogP) is 2.92. The first-order valence-corrected chi connectivity index (χ1v) is 8.58. The van der Waals surface area contributed by atoms with Crippen LogP contribution in [0.25, 0.3) is 0 Å². The van der Waals surface area contributed by atoms with Crippen LogP contribution in [0.2, 0.25) is 11.6 Å². The summed E-state index contributed by atoms with van der Waals surface area (Å²) in [5, 5.41) is 0. The highest BCUT2D eigenvalue weighted by molar-refractivity contribution is 6.34. The van der Waals surface area contributed by atoms with Gasteiger partial charge in [0.1, 0.15) is 7.85 Å². The molecule has 0 spiro atoms. The van der Waals surface area contributed by atoms with E-state index in [9.17, 15) is 0 Å². The summed E-state index contributed by atoms with van der Waals surface area (Å²) >= 11 is 0. The third-order valence-electron chi connectivity index (χ3n) is 5.93. The average Bonchev–Trinajstić information content (AvgIpc) is 2.58. The summed E-state index contributed by atoms with van der Waals surface area (Å²) in [6.45, 7) is 0. The molecule has 2 saturated heterocycles. The van der Waals surface area contributed by atoms with Crippen molar-refractivity contribution >= 4 is 15.3 Å². The zero-order chi connectivity index (χ0) is 12.4. The summed E-state index contributed by atoms with van der Waals surface area (Å²) in [7, 11) is 3.90. The van der Waals surface area contributed by atoms with Crippen LogP contribution in [0.3, 0.4) is 0 Å². The first-order valence-electron chi connectivity index (χ1n) is 8.58. The Morgan fingerprint density at radius 1 is 0.722 bits per heavy atom. The Labute approximate surface area is 115 Å². The van der Waals surface area contributed by atoms with Gasteiger partial charge < -0.3 is 4.81 Å². The lowest BCUT2D eigenvalue weighted by molar-refractivity contribution is 0.247. The van der Waals surface area contributed by atoms with Gasteiger partial charge in [0.05, 0.1) is 0 Å². The van der Waals surface area contributed by atoms with Crippen molar-refractivity contribution in [2.24, 2.45) is 0 Å². The van der Waals surface area contributed by atoms with E-state index in [1.807, 2.05) is 0 Å². The third-order valence-corrected chi connectivity index (χ3v) is 5.93. The molecule has 2 atom stereocenters. The van der Waals surface area contributed by atoms with E-state index in [1.54, 1.807) is 0 Å². The van der Waals surface area contributed by atoms with Gasteiger partial charge in [-0.15, -0.1) is 0 Å². The lowest BCUT2D eigenvalue weighted by atomic mass is 9.64. The standard InChI is InChI=1S/C15H29B2N/c16-12-4-1-6-13(7-2-5-12)17-18-14-8-3-9-15(18)11-10-14/h12-15,17H,1-11,16H2/t12?,13?,14-,15+. The molecule has 0 amide bonds. The van der Waals surface area contributed by atoms with Gasteiger partial charge >= 0.3 is 0 Å². The van der Waals surface area contributed by atoms with Crippen LogP contribution in [0.5, 0.6) is 0 Å². The van der Waals surface area contributed by atoms with Gasteiger partial charge in [-0.1, -0.05) is 56.6 Å². The number of nitrogens with zero attached hydrogens (tertiary/aromatic N) is 1. The lowest BCUT2D eigenvalue weighted by Gasteiger charge is -2.37. The van der Waals surface area contributed by atoms with Crippen LogP contribution in [0, 0.1) is 0 Å². The molecule has 1 aliphatic carbocycles. The van der Waals surface area contributed by atoms with E-state index in [0.717, 1.165) is 23.7 Å². The van der Waals surface area contributed by atoms with Crippen LogP contribution < -0.4 is 0 Å². The second-order valence-electron chi connectivity index (χ2n) is 7.35. The third kappa shape index (κ3) is 2.98. The SMILES string of the molecule is BC1CCCC(BN2[C@@H]3CCC[C@H]2CC3)CCC1. The number of rotatable bonds is 2. The number of fused-ring (bicyclic) bond motifs is 2. The van der Waals surface area contributed by atoms with Crippen LogP contribution in [0.1, 0.15) is 70.6 Å². The lowest BCUT2D eigenvalue weighted by Crippen LogP contribution is -2.43. The molecule has 0 N–H and O–H groups in total. The van der Waals surface area contributed by atoms with Gasteiger partial charge in [0, 0.05) is 0 Å². The van der Waals surface area contributed by atoms with Crippen LogP contribution in [-0.4, -0.2) is 32.2 Å². The van der Waals surface area contributed by atoms with E-state index in [2.05, 4.69) is 12.7 Å². The monoisotopic (exact) mass is 245 g/mol. The largest absolute Gasteiger partial charge is 0.340 e. The quantitative estimate of drug-likeness (QED) is 0.676. The molecule has 0 unspecified atom stereocenters. The molecule has 100 valence electrons. The molecule has 2 aliphatic heterocycles. The Bertz CT molecular complexity index is 245. The van der Waals surface area contributed by atoms with Crippen molar-refractivity contribution in [2.75, 3.05) is 0 Å². The predicted molar refractivity (Wildman–Crippen MR) is 83.4 cm³/mol. The zero-order valence-corrected chi connectivity index (χ0v) is 12.2. The highest BCUT2D eigenvalue weighted by Crippen LogP contribution is 2.38. The summed E-state index contributed by atoms with van der Waals surface area (Å²) in [4.78, 5) is 2.93. The molecule has 3 heteroatoms. The molecule has 18 heavy (non-hydrogen) atoms. The number of hydrogen-bond acceptors (Lipinski definition) is 1. The molecule has 2 bridgehead atoms. The van der Waals surface area contributed by atoms with E-state index in [4.69, 9.17) is 0 Å². The minimum absolute atomic E-state index is 0.980. The Kier molecular flexibility index (Phi) is 4.38. The normalized spacial score (nSPS) is 42.2. The number of hydrogen-bond donors (Lipinski definition) is 0. The van der Waals surface area contributed by atoms with Crippen LogP contribution >= 0.6 is 0 Å². The minimum Gasteiger partial charge on any atom is -0.340 e. The maximum Gasteiger partial charge on any atom is 0.208 e. The van der Waals surface area contributed by atoms with Gasteiger partial charge in [0.15, 0.2) is 0 Å². The van der Waals surface area contributed by atoms with E-state index >= 15 is 0 Å². The Balaban J connectivity index is 1.52. The van der Waals surface area contributed by atoms with Crippen molar-refractivity contribution in [1.82, 2.24) is 4.81 Å². The number of piperidine rings is 1. The minimum atomic E-state index is 0.980. The van der Waals surface area contributed by atoms with Gasteiger partial charge in [-0.25, -0.2) is 0 Å². The van der Waals surface area contributed by atoms with Gasteiger partial charge in [-0.05, 0) is 37.8 Å². The molecule has 1 nitrogen and oxygen atoms in total. The fourth-order valence-corrected chi connectivity index (χ4v) is 4.80. The maximum absolute atomic E-state index is 2.93. The van der Waals surface area contributed by atoms with E-state index in [0.29, 0.717) is 0 Å². The van der Waals surface area contributed by atoms with E-state index in [-0.39, 0.29) is 0 Å². The molecule has 3 fully saturated rings. The van der Waals surface area contributed by atoms with E-state index < -0.39 is 0 Å². The Morgan fingerprint density at radius 3 is 1.89 bits per heavy atom. The zero-order valence-electron chi connectivity index (χ0n) is 12.2. The van der Waals surface area contributed by atoms with E-state index in [1.165, 1.54) is 78.0 Å². The Hall–Kier alpha value is 0.0899. The first-order chi connectivity index (χ1) is 8.83. The van der Waals surface area contributed by atoms with Gasteiger partial charge in [0.25, 0.3) is 0 Å². The highest BCUT2D eigenvalue weighted by atomic mass is 15.1. The molecule has 1 saturated carbocycles.